The van der Waals surface area contributed by atoms with Crippen molar-refractivity contribution in [2.24, 2.45) is 0 Å². The molecule has 0 fully saturated rings. The molecule has 1 aromatic carbocycles. The van der Waals surface area contributed by atoms with Gasteiger partial charge in [0.15, 0.2) is 11.0 Å². The summed E-state index contributed by atoms with van der Waals surface area (Å²) in [7, 11) is 0. The molecule has 0 aliphatic rings. The topological polar surface area (TPSA) is 65.1 Å². The second-order valence-corrected chi connectivity index (χ2v) is 7.82. The Kier molecular flexibility index (Phi) is 5.39. The minimum Gasteiger partial charge on any atom is -0.302 e. The molecular weight excluding hydrogens is 417 g/mol. The van der Waals surface area contributed by atoms with Gasteiger partial charge in [0.25, 0.3) is 5.56 Å². The van der Waals surface area contributed by atoms with Crippen molar-refractivity contribution in [3.05, 3.63) is 74.8 Å². The monoisotopic (exact) mass is 431 g/mol. The van der Waals surface area contributed by atoms with E-state index in [4.69, 9.17) is 23.2 Å². The molecule has 0 unspecified atom stereocenters. The predicted octanol–water partition coefficient (Wildman–Crippen LogP) is 4.57. The first-order valence-corrected chi connectivity index (χ1v) is 10.3. The number of pyridine rings is 1. The number of thioether (sulfide) groups is 1. The lowest BCUT2D eigenvalue weighted by Gasteiger charge is -2.08. The minimum atomic E-state index is -0.165. The summed E-state index contributed by atoms with van der Waals surface area (Å²) in [6.07, 6.45) is 1.56. The molecule has 0 N–H and O–H groups in total. The van der Waals surface area contributed by atoms with E-state index in [1.54, 1.807) is 18.3 Å². The molecule has 0 saturated carbocycles. The largest absolute Gasteiger partial charge is 0.302 e. The minimum absolute atomic E-state index is 0.165. The normalized spacial score (nSPS) is 11.2. The highest BCUT2D eigenvalue weighted by Gasteiger charge is 2.14. The summed E-state index contributed by atoms with van der Waals surface area (Å²) in [5.41, 5.74) is 2.02. The van der Waals surface area contributed by atoms with Gasteiger partial charge in [-0.15, -0.1) is 10.2 Å². The SMILES string of the molecule is CCn1c(SCc2cc(=O)n3cc(Cl)ccc3n2)nnc1-c1ccc(Cl)cc1. The van der Waals surface area contributed by atoms with Gasteiger partial charge in [-0.1, -0.05) is 35.0 Å². The molecule has 6 nitrogen and oxygen atoms in total. The van der Waals surface area contributed by atoms with Crippen LogP contribution in [0.3, 0.4) is 0 Å². The average molecular weight is 432 g/mol. The van der Waals surface area contributed by atoms with E-state index in [9.17, 15) is 4.79 Å². The zero-order chi connectivity index (χ0) is 19.7. The fraction of sp³-hybridized carbons (Fsp3) is 0.158. The van der Waals surface area contributed by atoms with Crippen molar-refractivity contribution in [1.29, 1.82) is 0 Å². The fourth-order valence-corrected chi connectivity index (χ4v) is 4.01. The molecule has 3 heterocycles. The van der Waals surface area contributed by atoms with Crippen molar-refractivity contribution < 1.29 is 0 Å². The molecule has 0 atom stereocenters. The summed E-state index contributed by atoms with van der Waals surface area (Å²) in [4.78, 5) is 16.8. The van der Waals surface area contributed by atoms with Crippen LogP contribution in [0.4, 0.5) is 0 Å². The molecule has 142 valence electrons. The van der Waals surface area contributed by atoms with Gasteiger partial charge >= 0.3 is 0 Å². The maximum absolute atomic E-state index is 12.3. The Labute approximate surface area is 175 Å². The zero-order valence-electron chi connectivity index (χ0n) is 14.8. The molecule has 0 radical (unpaired) electrons. The van der Waals surface area contributed by atoms with E-state index in [-0.39, 0.29) is 5.56 Å². The van der Waals surface area contributed by atoms with Gasteiger partial charge in [0, 0.05) is 35.1 Å². The number of hydrogen-bond acceptors (Lipinski definition) is 5. The van der Waals surface area contributed by atoms with Crippen LogP contribution in [0, 0.1) is 0 Å². The maximum atomic E-state index is 12.3. The van der Waals surface area contributed by atoms with Gasteiger partial charge in [0.05, 0.1) is 10.7 Å². The second-order valence-electron chi connectivity index (χ2n) is 6.01. The van der Waals surface area contributed by atoms with Gasteiger partial charge in [0.2, 0.25) is 0 Å². The number of rotatable bonds is 5. The Morgan fingerprint density at radius 2 is 1.79 bits per heavy atom. The summed E-state index contributed by atoms with van der Waals surface area (Å²) in [6, 6.07) is 12.5. The van der Waals surface area contributed by atoms with Crippen LogP contribution >= 0.6 is 35.0 Å². The molecule has 0 bridgehead atoms. The molecule has 4 rings (SSSR count). The van der Waals surface area contributed by atoms with Gasteiger partial charge < -0.3 is 4.57 Å². The van der Waals surface area contributed by atoms with Crippen LogP contribution in [0.1, 0.15) is 12.6 Å². The average Bonchev–Trinajstić information content (AvgIpc) is 3.10. The highest BCUT2D eigenvalue weighted by Crippen LogP contribution is 2.26. The van der Waals surface area contributed by atoms with Gasteiger partial charge in [-0.05, 0) is 43.3 Å². The molecular formula is C19H15Cl2N5OS. The van der Waals surface area contributed by atoms with Gasteiger partial charge in [-0.3, -0.25) is 9.20 Å². The van der Waals surface area contributed by atoms with Gasteiger partial charge in [0.1, 0.15) is 5.65 Å². The first kappa shape index (κ1) is 19.0. The van der Waals surface area contributed by atoms with Crippen LogP contribution in [0.2, 0.25) is 10.0 Å². The second kappa shape index (κ2) is 7.95. The highest BCUT2D eigenvalue weighted by atomic mass is 35.5. The van der Waals surface area contributed by atoms with Crippen LogP contribution in [0.15, 0.2) is 58.6 Å². The zero-order valence-corrected chi connectivity index (χ0v) is 17.2. The molecule has 0 spiro atoms. The fourth-order valence-electron chi connectivity index (χ4n) is 2.83. The van der Waals surface area contributed by atoms with E-state index in [0.29, 0.717) is 27.1 Å². The molecule has 0 saturated heterocycles. The van der Waals surface area contributed by atoms with Gasteiger partial charge in [-0.25, -0.2) is 4.98 Å². The van der Waals surface area contributed by atoms with Crippen LogP contribution in [0.25, 0.3) is 17.0 Å². The summed E-state index contributed by atoms with van der Waals surface area (Å²) in [6.45, 7) is 2.76. The Hall–Kier alpha value is -2.35. The number of halogens is 2. The van der Waals surface area contributed by atoms with Crippen LogP contribution < -0.4 is 5.56 Å². The lowest BCUT2D eigenvalue weighted by atomic mass is 10.2. The van der Waals surface area contributed by atoms with E-state index >= 15 is 0 Å². The third-order valence-corrected chi connectivity index (χ3v) is 5.64. The van der Waals surface area contributed by atoms with Crippen molar-refractivity contribution in [2.45, 2.75) is 24.4 Å². The Morgan fingerprint density at radius 1 is 1.04 bits per heavy atom. The summed E-state index contributed by atoms with van der Waals surface area (Å²) in [5.74, 6) is 1.29. The highest BCUT2D eigenvalue weighted by molar-refractivity contribution is 7.98. The quantitative estimate of drug-likeness (QED) is 0.432. The van der Waals surface area contributed by atoms with Crippen molar-refractivity contribution in [2.75, 3.05) is 0 Å². The molecule has 4 aromatic rings. The van der Waals surface area contributed by atoms with Crippen molar-refractivity contribution in [1.82, 2.24) is 24.1 Å². The number of nitrogens with zero attached hydrogens (tertiary/aromatic N) is 5. The Bertz CT molecular complexity index is 1200. The first-order chi connectivity index (χ1) is 13.5. The summed E-state index contributed by atoms with van der Waals surface area (Å²) >= 11 is 13.4. The van der Waals surface area contributed by atoms with Crippen molar-refractivity contribution in [3.8, 4) is 11.4 Å². The number of aromatic nitrogens is 5. The first-order valence-electron chi connectivity index (χ1n) is 8.55. The van der Waals surface area contributed by atoms with E-state index in [2.05, 4.69) is 15.2 Å². The Balaban J connectivity index is 1.60. The molecule has 9 heteroatoms. The van der Waals surface area contributed by atoms with Crippen LogP contribution in [-0.4, -0.2) is 24.1 Å². The standard InChI is InChI=1S/C19H15Cl2N5OS/c1-2-25-18(12-3-5-13(20)6-4-12)23-24-19(25)28-11-15-9-17(27)26-10-14(21)7-8-16(26)22-15/h3-10H,2,11H2,1H3. The van der Waals surface area contributed by atoms with E-state index in [1.807, 2.05) is 35.8 Å². The predicted molar refractivity (Wildman–Crippen MR) is 112 cm³/mol. The summed E-state index contributed by atoms with van der Waals surface area (Å²) in [5, 5.41) is 10.6. The number of benzene rings is 1. The number of hydrogen-bond donors (Lipinski definition) is 0. The maximum Gasteiger partial charge on any atom is 0.258 e. The molecule has 0 aliphatic carbocycles. The van der Waals surface area contributed by atoms with Gasteiger partial charge in [-0.2, -0.15) is 0 Å². The smallest absolute Gasteiger partial charge is 0.258 e. The lowest BCUT2D eigenvalue weighted by molar-refractivity contribution is 0.687. The Morgan fingerprint density at radius 3 is 2.54 bits per heavy atom. The third-order valence-electron chi connectivity index (χ3n) is 4.16. The molecule has 0 amide bonds. The van der Waals surface area contributed by atoms with E-state index in [0.717, 1.165) is 23.1 Å². The summed E-state index contributed by atoms with van der Waals surface area (Å²) < 4.78 is 3.46. The molecule has 0 aliphatic heterocycles. The van der Waals surface area contributed by atoms with Crippen molar-refractivity contribution in [3.63, 3.8) is 0 Å². The van der Waals surface area contributed by atoms with Crippen molar-refractivity contribution >= 4 is 40.6 Å². The molecule has 3 aromatic heterocycles. The van der Waals surface area contributed by atoms with E-state index in [1.165, 1.54) is 22.2 Å². The van der Waals surface area contributed by atoms with Crippen LogP contribution in [0.5, 0.6) is 0 Å². The van der Waals surface area contributed by atoms with Crippen LogP contribution in [-0.2, 0) is 12.3 Å². The van der Waals surface area contributed by atoms with E-state index < -0.39 is 0 Å². The third kappa shape index (κ3) is 3.78. The number of fused-ring (bicyclic) bond motifs is 1. The lowest BCUT2D eigenvalue weighted by Crippen LogP contribution is -2.15. The molecule has 28 heavy (non-hydrogen) atoms.